The third-order valence-electron chi connectivity index (χ3n) is 4.39. The van der Waals surface area contributed by atoms with Crippen LogP contribution in [0.25, 0.3) is 10.9 Å². The summed E-state index contributed by atoms with van der Waals surface area (Å²) < 4.78 is 0. The maximum absolute atomic E-state index is 12.8. The van der Waals surface area contributed by atoms with Gasteiger partial charge in [-0.2, -0.15) is 0 Å². The Balaban J connectivity index is 1.93. The Kier molecular flexibility index (Phi) is 5.19. The van der Waals surface area contributed by atoms with Crippen LogP contribution in [0.15, 0.2) is 53.3 Å². The van der Waals surface area contributed by atoms with E-state index in [1.165, 1.54) is 4.90 Å². The van der Waals surface area contributed by atoms with Crippen molar-refractivity contribution in [3.05, 3.63) is 81.1 Å². The van der Waals surface area contributed by atoms with Crippen molar-refractivity contribution in [2.24, 2.45) is 0 Å². The lowest BCUT2D eigenvalue weighted by Gasteiger charge is -2.22. The predicted molar refractivity (Wildman–Crippen MR) is 102 cm³/mol. The number of aliphatic hydroxyl groups is 1. The van der Waals surface area contributed by atoms with Crippen LogP contribution in [0.5, 0.6) is 0 Å². The number of hydrogen-bond acceptors (Lipinski definition) is 3. The predicted octanol–water partition coefficient (Wildman–Crippen LogP) is 2.78. The zero-order chi connectivity index (χ0) is 18.7. The number of nitrogens with one attached hydrogen (secondary N) is 1. The summed E-state index contributed by atoms with van der Waals surface area (Å²) in [6.45, 7) is 4.09. The average Bonchev–Trinajstić information content (AvgIpc) is 2.62. The molecule has 0 aliphatic rings. The van der Waals surface area contributed by atoms with Gasteiger partial charge in [0, 0.05) is 23.2 Å². The number of benzene rings is 2. The van der Waals surface area contributed by atoms with Crippen molar-refractivity contribution in [1.82, 2.24) is 9.88 Å². The molecule has 2 aromatic carbocycles. The number of fused-ring (bicyclic) bond motifs is 1. The standard InChI is InChI=1S/C21H22N2O3/c1-14-3-6-16(7-4-14)21(26)23(9-10-24)13-18-12-17-11-15(2)5-8-19(17)22-20(18)25/h3-8,11-12,24H,9-10,13H2,1-2H3,(H,22,25). The summed E-state index contributed by atoms with van der Waals surface area (Å²) in [6.07, 6.45) is 0. The van der Waals surface area contributed by atoms with E-state index in [0.717, 1.165) is 22.0 Å². The topological polar surface area (TPSA) is 73.4 Å². The van der Waals surface area contributed by atoms with E-state index in [2.05, 4.69) is 4.98 Å². The minimum Gasteiger partial charge on any atom is -0.395 e. The van der Waals surface area contributed by atoms with Gasteiger partial charge in [0.05, 0.1) is 13.2 Å². The Bertz CT molecular complexity index is 990. The summed E-state index contributed by atoms with van der Waals surface area (Å²) >= 11 is 0. The van der Waals surface area contributed by atoms with Gasteiger partial charge < -0.3 is 15.0 Å². The molecule has 2 N–H and O–H groups in total. The number of carbonyl (C=O) groups excluding carboxylic acids is 1. The Morgan fingerprint density at radius 3 is 2.42 bits per heavy atom. The lowest BCUT2D eigenvalue weighted by atomic mass is 10.1. The molecular formula is C21H22N2O3. The smallest absolute Gasteiger partial charge is 0.254 e. The van der Waals surface area contributed by atoms with E-state index in [0.29, 0.717) is 11.1 Å². The number of amides is 1. The van der Waals surface area contributed by atoms with Crippen LogP contribution in [-0.4, -0.2) is 34.0 Å². The highest BCUT2D eigenvalue weighted by Crippen LogP contribution is 2.15. The van der Waals surface area contributed by atoms with Crippen LogP contribution in [0.3, 0.4) is 0 Å². The molecule has 0 aliphatic carbocycles. The third kappa shape index (κ3) is 3.83. The molecule has 0 atom stereocenters. The Morgan fingerprint density at radius 2 is 1.73 bits per heavy atom. The first-order valence-electron chi connectivity index (χ1n) is 8.57. The van der Waals surface area contributed by atoms with Gasteiger partial charge >= 0.3 is 0 Å². The summed E-state index contributed by atoms with van der Waals surface area (Å²) in [7, 11) is 0. The summed E-state index contributed by atoms with van der Waals surface area (Å²) in [6, 6.07) is 14.9. The van der Waals surface area contributed by atoms with Gasteiger partial charge in [0.15, 0.2) is 0 Å². The first-order chi connectivity index (χ1) is 12.5. The van der Waals surface area contributed by atoms with Gasteiger partial charge in [0.25, 0.3) is 11.5 Å². The average molecular weight is 350 g/mol. The minimum absolute atomic E-state index is 0.145. The van der Waals surface area contributed by atoms with Crippen LogP contribution in [0.1, 0.15) is 27.0 Å². The number of pyridine rings is 1. The van der Waals surface area contributed by atoms with E-state index in [4.69, 9.17) is 0 Å². The molecule has 0 bridgehead atoms. The zero-order valence-electron chi connectivity index (χ0n) is 15.0. The number of nitrogens with zero attached hydrogens (tertiary/aromatic N) is 1. The first kappa shape index (κ1) is 17.9. The van der Waals surface area contributed by atoms with Gasteiger partial charge in [-0.25, -0.2) is 0 Å². The number of rotatable bonds is 5. The molecule has 134 valence electrons. The lowest BCUT2D eigenvalue weighted by molar-refractivity contribution is 0.0707. The molecule has 1 amide bonds. The number of hydrogen-bond donors (Lipinski definition) is 2. The van der Waals surface area contributed by atoms with Crippen molar-refractivity contribution in [2.45, 2.75) is 20.4 Å². The largest absolute Gasteiger partial charge is 0.395 e. The van der Waals surface area contributed by atoms with Crippen LogP contribution < -0.4 is 5.56 Å². The van der Waals surface area contributed by atoms with Crippen molar-refractivity contribution < 1.29 is 9.90 Å². The summed E-state index contributed by atoms with van der Waals surface area (Å²) in [4.78, 5) is 29.5. The van der Waals surface area contributed by atoms with Gasteiger partial charge in [0.1, 0.15) is 0 Å². The first-order valence-corrected chi connectivity index (χ1v) is 8.57. The highest BCUT2D eigenvalue weighted by molar-refractivity contribution is 5.94. The molecule has 5 nitrogen and oxygen atoms in total. The van der Waals surface area contributed by atoms with Crippen LogP contribution in [-0.2, 0) is 6.54 Å². The molecule has 3 rings (SSSR count). The molecule has 26 heavy (non-hydrogen) atoms. The zero-order valence-corrected chi connectivity index (χ0v) is 15.0. The molecule has 1 heterocycles. The SMILES string of the molecule is Cc1ccc(C(=O)N(CCO)Cc2cc3cc(C)ccc3[nH]c2=O)cc1. The molecule has 3 aromatic rings. The van der Waals surface area contributed by atoms with E-state index in [9.17, 15) is 14.7 Å². The molecule has 0 aliphatic heterocycles. The summed E-state index contributed by atoms with van der Waals surface area (Å²) in [5.41, 5.74) is 3.74. The van der Waals surface area contributed by atoms with E-state index < -0.39 is 0 Å². The van der Waals surface area contributed by atoms with Gasteiger partial charge in [-0.3, -0.25) is 9.59 Å². The van der Waals surface area contributed by atoms with Crippen molar-refractivity contribution in [1.29, 1.82) is 0 Å². The van der Waals surface area contributed by atoms with Crippen molar-refractivity contribution in [3.63, 3.8) is 0 Å². The normalized spacial score (nSPS) is 10.9. The molecular weight excluding hydrogens is 328 g/mol. The molecule has 1 aromatic heterocycles. The van der Waals surface area contributed by atoms with Crippen molar-refractivity contribution >= 4 is 16.8 Å². The molecule has 0 saturated heterocycles. The molecule has 0 fully saturated rings. The number of aryl methyl sites for hydroxylation is 2. The molecule has 0 radical (unpaired) electrons. The van der Waals surface area contributed by atoms with Crippen LogP contribution in [0.4, 0.5) is 0 Å². The highest BCUT2D eigenvalue weighted by Gasteiger charge is 2.17. The Labute approximate surface area is 151 Å². The third-order valence-corrected chi connectivity index (χ3v) is 4.39. The maximum Gasteiger partial charge on any atom is 0.254 e. The quantitative estimate of drug-likeness (QED) is 0.743. The van der Waals surface area contributed by atoms with Crippen LogP contribution in [0.2, 0.25) is 0 Å². The maximum atomic E-state index is 12.8. The second kappa shape index (κ2) is 7.54. The monoisotopic (exact) mass is 350 g/mol. The number of aliphatic hydroxyl groups excluding tert-OH is 1. The van der Waals surface area contributed by atoms with Crippen LogP contribution >= 0.6 is 0 Å². The van der Waals surface area contributed by atoms with E-state index in [1.54, 1.807) is 12.1 Å². The number of aromatic amines is 1. The number of H-pyrrole nitrogens is 1. The van der Waals surface area contributed by atoms with Gasteiger partial charge in [0.2, 0.25) is 0 Å². The molecule has 0 unspecified atom stereocenters. The lowest BCUT2D eigenvalue weighted by Crippen LogP contribution is -2.35. The second-order valence-electron chi connectivity index (χ2n) is 6.53. The van der Waals surface area contributed by atoms with Crippen molar-refractivity contribution in [3.8, 4) is 0 Å². The van der Waals surface area contributed by atoms with E-state index in [-0.39, 0.29) is 31.2 Å². The fraction of sp³-hybridized carbons (Fsp3) is 0.238. The second-order valence-corrected chi connectivity index (χ2v) is 6.53. The fourth-order valence-corrected chi connectivity index (χ4v) is 2.95. The van der Waals surface area contributed by atoms with Gasteiger partial charge in [-0.1, -0.05) is 29.3 Å². The molecule has 0 spiro atoms. The number of carbonyl (C=O) groups is 1. The Morgan fingerprint density at radius 1 is 1.04 bits per heavy atom. The number of aromatic nitrogens is 1. The minimum atomic E-state index is -0.221. The van der Waals surface area contributed by atoms with Crippen molar-refractivity contribution in [2.75, 3.05) is 13.2 Å². The summed E-state index contributed by atoms with van der Waals surface area (Å²) in [5.74, 6) is -0.206. The van der Waals surface area contributed by atoms with E-state index in [1.807, 2.05) is 50.2 Å². The molecule has 5 heteroatoms. The van der Waals surface area contributed by atoms with Gasteiger partial charge in [-0.05, 0) is 49.6 Å². The Hall–Kier alpha value is -2.92. The highest BCUT2D eigenvalue weighted by atomic mass is 16.3. The fourth-order valence-electron chi connectivity index (χ4n) is 2.95. The molecule has 0 saturated carbocycles. The van der Waals surface area contributed by atoms with E-state index >= 15 is 0 Å². The van der Waals surface area contributed by atoms with Gasteiger partial charge in [-0.15, -0.1) is 0 Å². The van der Waals surface area contributed by atoms with Crippen LogP contribution in [0, 0.1) is 13.8 Å². The summed E-state index contributed by atoms with van der Waals surface area (Å²) in [5, 5.41) is 10.3.